The Bertz CT molecular complexity index is 481. The lowest BCUT2D eigenvalue weighted by Crippen LogP contribution is -2.35. The molecule has 0 radical (unpaired) electrons. The monoisotopic (exact) mass is 343 g/mol. The third kappa shape index (κ3) is 4.56. The van der Waals surface area contributed by atoms with Gasteiger partial charge in [-0.05, 0) is 65.4 Å². The number of aliphatic carboxylic acids is 1. The molecule has 1 atom stereocenters. The lowest BCUT2D eigenvalue weighted by molar-refractivity contribution is -0.137. The van der Waals surface area contributed by atoms with Crippen LogP contribution in [0, 0.1) is 11.7 Å². The van der Waals surface area contributed by atoms with Gasteiger partial charge in [0.25, 0.3) is 0 Å². The van der Waals surface area contributed by atoms with Gasteiger partial charge in [0, 0.05) is 19.5 Å². The first-order chi connectivity index (χ1) is 9.54. The number of hydrogen-bond donors (Lipinski definition) is 1. The Morgan fingerprint density at radius 2 is 2.30 bits per heavy atom. The third-order valence-electron chi connectivity index (χ3n) is 3.76. The number of carbonyl (C=O) groups is 1. The SMILES string of the molecule is O=C(O)CCC1CCCN(Cc2ccc(F)c(Br)c2)C1. The largest absolute Gasteiger partial charge is 0.481 e. The van der Waals surface area contributed by atoms with Gasteiger partial charge in [0.15, 0.2) is 0 Å². The zero-order chi connectivity index (χ0) is 14.5. The molecule has 2 rings (SSSR count). The van der Waals surface area contributed by atoms with Crippen LogP contribution in [-0.2, 0) is 11.3 Å². The molecule has 1 fully saturated rings. The van der Waals surface area contributed by atoms with Crippen molar-refractivity contribution in [2.75, 3.05) is 13.1 Å². The Hall–Kier alpha value is -0.940. The van der Waals surface area contributed by atoms with Crippen molar-refractivity contribution in [3.63, 3.8) is 0 Å². The summed E-state index contributed by atoms with van der Waals surface area (Å²) in [5.41, 5.74) is 1.08. The van der Waals surface area contributed by atoms with Crippen molar-refractivity contribution in [1.82, 2.24) is 4.90 Å². The number of likely N-dealkylation sites (tertiary alicyclic amines) is 1. The second kappa shape index (κ2) is 7.18. The Morgan fingerprint density at radius 3 is 3.00 bits per heavy atom. The molecular formula is C15H19BrFNO2. The van der Waals surface area contributed by atoms with Crippen LogP contribution in [0.15, 0.2) is 22.7 Å². The fraction of sp³-hybridized carbons (Fsp3) is 0.533. The molecule has 1 N–H and O–H groups in total. The van der Waals surface area contributed by atoms with E-state index < -0.39 is 5.97 Å². The number of benzene rings is 1. The first-order valence-corrected chi connectivity index (χ1v) is 7.72. The molecule has 0 saturated carbocycles. The molecule has 0 spiro atoms. The summed E-state index contributed by atoms with van der Waals surface area (Å²) < 4.78 is 13.7. The van der Waals surface area contributed by atoms with Gasteiger partial charge in [0.05, 0.1) is 4.47 Å². The molecule has 1 aromatic carbocycles. The molecule has 0 bridgehead atoms. The van der Waals surface area contributed by atoms with Crippen molar-refractivity contribution in [3.8, 4) is 0 Å². The predicted octanol–water partition coefficient (Wildman–Crippen LogP) is 3.67. The number of carboxylic acids is 1. The molecule has 0 aliphatic carbocycles. The molecule has 1 aromatic rings. The van der Waals surface area contributed by atoms with E-state index in [1.165, 1.54) is 6.07 Å². The van der Waals surface area contributed by atoms with E-state index in [2.05, 4.69) is 20.8 Å². The lowest BCUT2D eigenvalue weighted by atomic mass is 9.93. The van der Waals surface area contributed by atoms with Gasteiger partial charge in [-0.15, -0.1) is 0 Å². The highest BCUT2D eigenvalue weighted by atomic mass is 79.9. The number of halogens is 2. The highest BCUT2D eigenvalue weighted by Crippen LogP contribution is 2.24. The topological polar surface area (TPSA) is 40.5 Å². The molecule has 5 heteroatoms. The van der Waals surface area contributed by atoms with E-state index >= 15 is 0 Å². The summed E-state index contributed by atoms with van der Waals surface area (Å²) in [5.74, 6) is -0.500. The molecule has 1 aliphatic heterocycles. The van der Waals surface area contributed by atoms with Crippen LogP contribution in [0.25, 0.3) is 0 Å². The molecule has 3 nitrogen and oxygen atoms in total. The summed E-state index contributed by atoms with van der Waals surface area (Å²) in [6, 6.07) is 5.10. The quantitative estimate of drug-likeness (QED) is 0.886. The molecular weight excluding hydrogens is 325 g/mol. The zero-order valence-corrected chi connectivity index (χ0v) is 12.9. The first-order valence-electron chi connectivity index (χ1n) is 6.92. The summed E-state index contributed by atoms with van der Waals surface area (Å²) in [6.45, 7) is 2.75. The Kier molecular flexibility index (Phi) is 5.54. The van der Waals surface area contributed by atoms with Gasteiger partial charge in [0.1, 0.15) is 5.82 Å². The average molecular weight is 344 g/mol. The molecule has 1 saturated heterocycles. The average Bonchev–Trinajstić information content (AvgIpc) is 2.41. The van der Waals surface area contributed by atoms with Crippen molar-refractivity contribution in [1.29, 1.82) is 0 Å². The fourth-order valence-corrected chi connectivity index (χ4v) is 3.18. The van der Waals surface area contributed by atoms with E-state index in [1.807, 2.05) is 6.07 Å². The Morgan fingerprint density at radius 1 is 1.50 bits per heavy atom. The van der Waals surface area contributed by atoms with Crippen LogP contribution in [0.4, 0.5) is 4.39 Å². The molecule has 1 heterocycles. The molecule has 110 valence electrons. The third-order valence-corrected chi connectivity index (χ3v) is 4.37. The maximum atomic E-state index is 13.2. The van der Waals surface area contributed by atoms with Crippen molar-refractivity contribution in [2.24, 2.45) is 5.92 Å². The number of rotatable bonds is 5. The van der Waals surface area contributed by atoms with Crippen molar-refractivity contribution in [2.45, 2.75) is 32.2 Å². The van der Waals surface area contributed by atoms with Gasteiger partial charge < -0.3 is 5.11 Å². The summed E-state index contributed by atoms with van der Waals surface area (Å²) in [5, 5.41) is 8.75. The van der Waals surface area contributed by atoms with Crippen LogP contribution in [0.3, 0.4) is 0 Å². The smallest absolute Gasteiger partial charge is 0.303 e. The van der Waals surface area contributed by atoms with E-state index in [9.17, 15) is 9.18 Å². The standard InChI is InChI=1S/C15H19BrFNO2/c16-13-8-12(3-5-14(13)17)10-18-7-1-2-11(9-18)4-6-15(19)20/h3,5,8,11H,1-2,4,6-7,9-10H2,(H,19,20). The maximum Gasteiger partial charge on any atom is 0.303 e. The van der Waals surface area contributed by atoms with Crippen molar-refractivity contribution in [3.05, 3.63) is 34.1 Å². The van der Waals surface area contributed by atoms with Gasteiger partial charge in [-0.1, -0.05) is 6.07 Å². The van der Waals surface area contributed by atoms with Gasteiger partial charge in [-0.25, -0.2) is 4.39 Å². The second-order valence-electron chi connectivity index (χ2n) is 5.42. The van der Waals surface area contributed by atoms with Crippen LogP contribution in [0.2, 0.25) is 0 Å². The van der Waals surface area contributed by atoms with E-state index in [0.717, 1.165) is 44.5 Å². The van der Waals surface area contributed by atoms with Crippen LogP contribution >= 0.6 is 15.9 Å². The van der Waals surface area contributed by atoms with Gasteiger partial charge >= 0.3 is 5.97 Å². The minimum Gasteiger partial charge on any atom is -0.481 e. The zero-order valence-electron chi connectivity index (χ0n) is 11.3. The van der Waals surface area contributed by atoms with Gasteiger partial charge in [-0.2, -0.15) is 0 Å². The molecule has 20 heavy (non-hydrogen) atoms. The van der Waals surface area contributed by atoms with Crippen LogP contribution in [0.1, 0.15) is 31.2 Å². The van der Waals surface area contributed by atoms with E-state index in [0.29, 0.717) is 10.4 Å². The van der Waals surface area contributed by atoms with E-state index in [-0.39, 0.29) is 12.2 Å². The minimum atomic E-state index is -0.718. The first kappa shape index (κ1) is 15.4. The van der Waals surface area contributed by atoms with Crippen molar-refractivity contribution < 1.29 is 14.3 Å². The highest BCUT2D eigenvalue weighted by Gasteiger charge is 2.20. The van der Waals surface area contributed by atoms with Gasteiger partial charge in [-0.3, -0.25) is 9.69 Å². The van der Waals surface area contributed by atoms with E-state index in [1.54, 1.807) is 6.07 Å². The van der Waals surface area contributed by atoms with Crippen LogP contribution in [-0.4, -0.2) is 29.1 Å². The molecule has 0 amide bonds. The number of nitrogens with zero attached hydrogens (tertiary/aromatic N) is 1. The Labute approximate surface area is 126 Å². The minimum absolute atomic E-state index is 0.244. The Balaban J connectivity index is 1.88. The normalized spacial score (nSPS) is 20.0. The fourth-order valence-electron chi connectivity index (χ4n) is 2.75. The second-order valence-corrected chi connectivity index (χ2v) is 6.28. The lowest BCUT2D eigenvalue weighted by Gasteiger charge is -2.32. The van der Waals surface area contributed by atoms with Crippen molar-refractivity contribution >= 4 is 21.9 Å². The number of carboxylic acid groups (broad SMARTS) is 1. The predicted molar refractivity (Wildman–Crippen MR) is 79.0 cm³/mol. The number of hydrogen-bond acceptors (Lipinski definition) is 2. The summed E-state index contributed by atoms with van der Waals surface area (Å²) in [4.78, 5) is 13.0. The molecule has 1 aliphatic rings. The molecule has 1 unspecified atom stereocenters. The highest BCUT2D eigenvalue weighted by molar-refractivity contribution is 9.10. The number of piperidine rings is 1. The van der Waals surface area contributed by atoms with Crippen LogP contribution < -0.4 is 0 Å². The maximum absolute atomic E-state index is 13.2. The molecule has 0 aromatic heterocycles. The summed E-state index contributed by atoms with van der Waals surface area (Å²) >= 11 is 3.20. The summed E-state index contributed by atoms with van der Waals surface area (Å²) in [6.07, 6.45) is 3.21. The van der Waals surface area contributed by atoms with Crippen LogP contribution in [0.5, 0.6) is 0 Å². The van der Waals surface area contributed by atoms with Gasteiger partial charge in [0.2, 0.25) is 0 Å². The van der Waals surface area contributed by atoms with E-state index in [4.69, 9.17) is 5.11 Å². The summed E-state index contributed by atoms with van der Waals surface area (Å²) in [7, 11) is 0.